The molecule has 0 unspecified atom stereocenters. The largest absolute Gasteiger partial charge is 0.326 e. The van der Waals surface area contributed by atoms with Crippen molar-refractivity contribution in [3.8, 4) is 17.2 Å². The third-order valence-electron chi connectivity index (χ3n) is 2.61. The summed E-state index contributed by atoms with van der Waals surface area (Å²) in [5.74, 6) is -0.456. The molecular formula is C14H10ClFN2. The molecule has 0 aromatic heterocycles. The second-order valence-electron chi connectivity index (χ2n) is 3.86. The minimum absolute atomic E-state index is 0.268. The van der Waals surface area contributed by atoms with Crippen LogP contribution in [-0.2, 0) is 6.54 Å². The first-order chi connectivity index (χ1) is 8.63. The summed E-state index contributed by atoms with van der Waals surface area (Å²) in [5.41, 5.74) is 7.95. The lowest BCUT2D eigenvalue weighted by atomic mass is 10.0. The third-order valence-corrected chi connectivity index (χ3v) is 2.92. The SMILES string of the molecule is N#Cc1cc(F)cc(-c2ccc(CN)cc2Cl)c1. The maximum Gasteiger partial charge on any atom is 0.125 e. The first kappa shape index (κ1) is 12.6. The van der Waals surface area contributed by atoms with Crippen molar-refractivity contribution in [2.75, 3.05) is 0 Å². The normalized spacial score (nSPS) is 10.1. The molecule has 2 aromatic rings. The van der Waals surface area contributed by atoms with Gasteiger partial charge in [0.1, 0.15) is 5.82 Å². The minimum atomic E-state index is -0.456. The monoisotopic (exact) mass is 260 g/mol. The Morgan fingerprint density at radius 1 is 1.22 bits per heavy atom. The zero-order valence-electron chi connectivity index (χ0n) is 9.45. The smallest absolute Gasteiger partial charge is 0.125 e. The summed E-state index contributed by atoms with van der Waals surface area (Å²) < 4.78 is 13.4. The van der Waals surface area contributed by atoms with Gasteiger partial charge in [-0.25, -0.2) is 4.39 Å². The molecule has 0 aliphatic carbocycles. The molecule has 0 bridgehead atoms. The van der Waals surface area contributed by atoms with Crippen LogP contribution in [0.4, 0.5) is 4.39 Å². The van der Waals surface area contributed by atoms with Crippen molar-refractivity contribution in [2.24, 2.45) is 5.73 Å². The molecule has 0 amide bonds. The zero-order chi connectivity index (χ0) is 13.1. The van der Waals surface area contributed by atoms with E-state index in [4.69, 9.17) is 22.6 Å². The van der Waals surface area contributed by atoms with Crippen LogP contribution in [0.15, 0.2) is 36.4 Å². The lowest BCUT2D eigenvalue weighted by Crippen LogP contribution is -1.96. The van der Waals surface area contributed by atoms with Gasteiger partial charge in [0, 0.05) is 17.1 Å². The van der Waals surface area contributed by atoms with Gasteiger partial charge in [-0.15, -0.1) is 0 Å². The molecule has 2 aromatic carbocycles. The predicted octanol–water partition coefficient (Wildman–Crippen LogP) is 3.48. The van der Waals surface area contributed by atoms with Crippen molar-refractivity contribution >= 4 is 11.6 Å². The van der Waals surface area contributed by atoms with Crippen LogP contribution in [0.5, 0.6) is 0 Å². The fraction of sp³-hybridized carbons (Fsp3) is 0.0714. The Labute approximate surface area is 109 Å². The summed E-state index contributed by atoms with van der Waals surface area (Å²) in [7, 11) is 0. The van der Waals surface area contributed by atoms with Gasteiger partial charge in [-0.1, -0.05) is 23.7 Å². The molecule has 0 aliphatic heterocycles. The molecule has 0 radical (unpaired) electrons. The lowest BCUT2D eigenvalue weighted by molar-refractivity contribution is 0.628. The first-order valence-corrected chi connectivity index (χ1v) is 5.71. The molecule has 18 heavy (non-hydrogen) atoms. The highest BCUT2D eigenvalue weighted by molar-refractivity contribution is 6.33. The second kappa shape index (κ2) is 5.18. The summed E-state index contributed by atoms with van der Waals surface area (Å²) >= 11 is 6.13. The van der Waals surface area contributed by atoms with Crippen LogP contribution in [0.1, 0.15) is 11.1 Å². The van der Waals surface area contributed by atoms with Gasteiger partial charge >= 0.3 is 0 Å². The lowest BCUT2D eigenvalue weighted by Gasteiger charge is -2.07. The molecule has 0 saturated heterocycles. The van der Waals surface area contributed by atoms with E-state index in [1.165, 1.54) is 12.1 Å². The highest BCUT2D eigenvalue weighted by Crippen LogP contribution is 2.29. The van der Waals surface area contributed by atoms with Crippen molar-refractivity contribution in [3.05, 3.63) is 58.4 Å². The van der Waals surface area contributed by atoms with Crippen molar-refractivity contribution < 1.29 is 4.39 Å². The number of nitrogens with zero attached hydrogens (tertiary/aromatic N) is 1. The summed E-state index contributed by atoms with van der Waals surface area (Å²) in [6.45, 7) is 0.395. The molecular weight excluding hydrogens is 251 g/mol. The number of halogens is 2. The summed E-state index contributed by atoms with van der Waals surface area (Å²) in [6, 6.07) is 11.4. The Bertz CT molecular complexity index is 632. The molecule has 0 fully saturated rings. The molecule has 0 spiro atoms. The number of benzene rings is 2. The van der Waals surface area contributed by atoms with E-state index in [-0.39, 0.29) is 5.56 Å². The molecule has 2 nitrogen and oxygen atoms in total. The van der Waals surface area contributed by atoms with Gasteiger partial charge in [0.15, 0.2) is 0 Å². The van der Waals surface area contributed by atoms with Crippen LogP contribution in [0.2, 0.25) is 5.02 Å². The average Bonchev–Trinajstić information content (AvgIpc) is 2.37. The number of nitrogens with two attached hydrogens (primary N) is 1. The Kier molecular flexibility index (Phi) is 3.61. The predicted molar refractivity (Wildman–Crippen MR) is 69.5 cm³/mol. The molecule has 0 atom stereocenters. The Hall–Kier alpha value is -1.89. The highest BCUT2D eigenvalue weighted by Gasteiger charge is 2.07. The fourth-order valence-corrected chi connectivity index (χ4v) is 2.04. The van der Waals surface area contributed by atoms with Gasteiger partial charge in [-0.3, -0.25) is 0 Å². The quantitative estimate of drug-likeness (QED) is 0.899. The minimum Gasteiger partial charge on any atom is -0.326 e. The third kappa shape index (κ3) is 2.51. The van der Waals surface area contributed by atoms with Crippen LogP contribution >= 0.6 is 11.6 Å². The molecule has 2 N–H and O–H groups in total. The Balaban J connectivity index is 2.55. The van der Waals surface area contributed by atoms with Gasteiger partial charge in [-0.05, 0) is 35.4 Å². The van der Waals surface area contributed by atoms with E-state index in [0.29, 0.717) is 22.7 Å². The molecule has 90 valence electrons. The maximum absolute atomic E-state index is 13.4. The Morgan fingerprint density at radius 2 is 2.00 bits per heavy atom. The number of nitriles is 1. The van der Waals surface area contributed by atoms with Gasteiger partial charge in [0.05, 0.1) is 11.6 Å². The highest BCUT2D eigenvalue weighted by atomic mass is 35.5. The molecule has 0 heterocycles. The average molecular weight is 261 g/mol. The first-order valence-electron chi connectivity index (χ1n) is 5.33. The van der Waals surface area contributed by atoms with E-state index >= 15 is 0 Å². The molecule has 2 rings (SSSR count). The van der Waals surface area contributed by atoms with E-state index < -0.39 is 5.82 Å². The van der Waals surface area contributed by atoms with Crippen molar-refractivity contribution in [2.45, 2.75) is 6.54 Å². The van der Waals surface area contributed by atoms with Crippen molar-refractivity contribution in [1.82, 2.24) is 0 Å². The number of rotatable bonds is 2. The standard InChI is InChI=1S/C14H10ClFN2/c15-14-5-9(7-17)1-2-13(14)11-3-10(8-18)4-12(16)6-11/h1-6H,7,17H2. The van der Waals surface area contributed by atoms with Gasteiger partial charge in [-0.2, -0.15) is 5.26 Å². The molecule has 0 aliphatic rings. The maximum atomic E-state index is 13.4. The topological polar surface area (TPSA) is 49.8 Å². The van der Waals surface area contributed by atoms with Crippen molar-refractivity contribution in [1.29, 1.82) is 5.26 Å². The van der Waals surface area contributed by atoms with E-state index in [2.05, 4.69) is 0 Å². The van der Waals surface area contributed by atoms with Gasteiger partial charge < -0.3 is 5.73 Å². The van der Waals surface area contributed by atoms with E-state index in [1.807, 2.05) is 12.1 Å². The van der Waals surface area contributed by atoms with Crippen LogP contribution in [-0.4, -0.2) is 0 Å². The number of hydrogen-bond acceptors (Lipinski definition) is 2. The molecule has 0 saturated carbocycles. The fourth-order valence-electron chi connectivity index (χ4n) is 1.73. The summed E-state index contributed by atoms with van der Waals surface area (Å²) in [4.78, 5) is 0. The van der Waals surface area contributed by atoms with Crippen LogP contribution in [0.25, 0.3) is 11.1 Å². The zero-order valence-corrected chi connectivity index (χ0v) is 10.2. The number of hydrogen-bond donors (Lipinski definition) is 1. The van der Waals surface area contributed by atoms with Crippen molar-refractivity contribution in [3.63, 3.8) is 0 Å². The van der Waals surface area contributed by atoms with Gasteiger partial charge in [0.2, 0.25) is 0 Å². The van der Waals surface area contributed by atoms with Crippen LogP contribution < -0.4 is 5.73 Å². The Morgan fingerprint density at radius 3 is 2.61 bits per heavy atom. The molecule has 4 heteroatoms. The van der Waals surface area contributed by atoms with Crippen LogP contribution in [0, 0.1) is 17.1 Å². The summed E-state index contributed by atoms with van der Waals surface area (Å²) in [6.07, 6.45) is 0. The van der Waals surface area contributed by atoms with E-state index in [1.54, 1.807) is 18.2 Å². The van der Waals surface area contributed by atoms with Gasteiger partial charge in [0.25, 0.3) is 0 Å². The summed E-state index contributed by atoms with van der Waals surface area (Å²) in [5, 5.41) is 9.31. The second-order valence-corrected chi connectivity index (χ2v) is 4.27. The van der Waals surface area contributed by atoms with E-state index in [9.17, 15) is 4.39 Å². The van der Waals surface area contributed by atoms with E-state index in [0.717, 1.165) is 5.56 Å². The van der Waals surface area contributed by atoms with Crippen LogP contribution in [0.3, 0.4) is 0 Å².